The van der Waals surface area contributed by atoms with Gasteiger partial charge in [0.05, 0.1) is 21.9 Å². The van der Waals surface area contributed by atoms with Gasteiger partial charge in [-0.05, 0) is 12.8 Å². The number of morpholine rings is 1. The molecule has 2 aliphatic heterocycles. The fraction of sp³-hybridized carbons (Fsp3) is 0.647. The molecular weight excluding hydrogens is 368 g/mol. The van der Waals surface area contributed by atoms with E-state index < -0.39 is 9.73 Å². The molecule has 10 heteroatoms. The molecule has 27 heavy (non-hydrogen) atoms. The van der Waals surface area contributed by atoms with Gasteiger partial charge in [0, 0.05) is 44.0 Å². The monoisotopic (exact) mass is 392 g/mol. The molecule has 0 saturated carbocycles. The normalized spacial score (nSPS) is 28.6. The standard InChI is InChI=1S/C17H24N6O3S/c1-3-14-19-20-16-10-15(18-12-23(14)16)22-6-7-26-17(11-22)4-8-27(25,9-5-17)21-13(2)24/h10,12H,3-9,11H2,1-2H3. The highest BCUT2D eigenvalue weighted by Gasteiger charge is 2.41. The van der Waals surface area contributed by atoms with Crippen molar-refractivity contribution in [1.29, 1.82) is 0 Å². The van der Waals surface area contributed by atoms with Gasteiger partial charge in [-0.25, -0.2) is 9.19 Å². The van der Waals surface area contributed by atoms with E-state index >= 15 is 0 Å². The van der Waals surface area contributed by atoms with E-state index in [0.29, 0.717) is 37.5 Å². The molecule has 2 aliphatic rings. The summed E-state index contributed by atoms with van der Waals surface area (Å²) >= 11 is 0. The molecule has 2 saturated heterocycles. The summed E-state index contributed by atoms with van der Waals surface area (Å²) in [6.07, 6.45) is 3.83. The Morgan fingerprint density at radius 3 is 2.85 bits per heavy atom. The molecule has 4 heterocycles. The van der Waals surface area contributed by atoms with Crippen LogP contribution in [0.2, 0.25) is 0 Å². The quantitative estimate of drug-likeness (QED) is 0.753. The van der Waals surface area contributed by atoms with Crippen LogP contribution in [0.25, 0.3) is 5.65 Å². The van der Waals surface area contributed by atoms with Gasteiger partial charge in [0.25, 0.3) is 5.91 Å². The molecule has 0 aliphatic carbocycles. The largest absolute Gasteiger partial charge is 0.371 e. The molecule has 2 aromatic heterocycles. The second-order valence-electron chi connectivity index (χ2n) is 7.19. The fourth-order valence-corrected chi connectivity index (χ4v) is 6.07. The first-order valence-electron chi connectivity index (χ1n) is 9.24. The van der Waals surface area contributed by atoms with Crippen molar-refractivity contribution in [2.24, 2.45) is 4.36 Å². The number of hydrogen-bond donors (Lipinski definition) is 0. The van der Waals surface area contributed by atoms with Crippen LogP contribution in [0, 0.1) is 0 Å². The molecule has 1 amide bonds. The second-order valence-corrected chi connectivity index (χ2v) is 9.73. The van der Waals surface area contributed by atoms with E-state index in [1.807, 2.05) is 17.4 Å². The van der Waals surface area contributed by atoms with Gasteiger partial charge < -0.3 is 9.64 Å². The van der Waals surface area contributed by atoms with E-state index in [-0.39, 0.29) is 11.5 Å². The molecule has 0 atom stereocenters. The van der Waals surface area contributed by atoms with Crippen LogP contribution in [-0.2, 0) is 25.7 Å². The average molecular weight is 392 g/mol. The summed E-state index contributed by atoms with van der Waals surface area (Å²) in [4.78, 5) is 18.0. The van der Waals surface area contributed by atoms with E-state index in [1.54, 1.807) is 6.33 Å². The molecule has 0 unspecified atom stereocenters. The lowest BCUT2D eigenvalue weighted by Gasteiger charge is -2.45. The number of carbonyl (C=O) groups is 1. The van der Waals surface area contributed by atoms with Crippen LogP contribution in [0.4, 0.5) is 5.82 Å². The zero-order valence-corrected chi connectivity index (χ0v) is 16.4. The summed E-state index contributed by atoms with van der Waals surface area (Å²) in [7, 11) is -2.44. The highest BCUT2D eigenvalue weighted by Crippen LogP contribution is 2.33. The maximum absolute atomic E-state index is 12.7. The zero-order chi connectivity index (χ0) is 19.1. The average Bonchev–Trinajstić information content (AvgIpc) is 3.07. The van der Waals surface area contributed by atoms with Gasteiger partial charge in [0.1, 0.15) is 18.0 Å². The molecular formula is C17H24N6O3S. The van der Waals surface area contributed by atoms with Gasteiger partial charge in [-0.15, -0.1) is 10.2 Å². The molecule has 0 N–H and O–H groups in total. The van der Waals surface area contributed by atoms with E-state index in [0.717, 1.165) is 30.3 Å². The maximum atomic E-state index is 12.7. The van der Waals surface area contributed by atoms with Crippen LogP contribution < -0.4 is 4.90 Å². The van der Waals surface area contributed by atoms with Gasteiger partial charge >= 0.3 is 0 Å². The molecule has 4 rings (SSSR count). The number of amides is 1. The molecule has 146 valence electrons. The smallest absolute Gasteiger partial charge is 0.250 e. The van der Waals surface area contributed by atoms with E-state index in [9.17, 15) is 9.00 Å². The van der Waals surface area contributed by atoms with Gasteiger partial charge in [0.15, 0.2) is 5.65 Å². The van der Waals surface area contributed by atoms with E-state index in [1.165, 1.54) is 6.92 Å². The molecule has 0 bridgehead atoms. The Balaban J connectivity index is 1.54. The van der Waals surface area contributed by atoms with Crippen molar-refractivity contribution < 1.29 is 13.7 Å². The van der Waals surface area contributed by atoms with Crippen LogP contribution in [0.5, 0.6) is 0 Å². The summed E-state index contributed by atoms with van der Waals surface area (Å²) in [5, 5.41) is 8.41. The Morgan fingerprint density at radius 2 is 2.15 bits per heavy atom. The third-order valence-corrected chi connectivity index (χ3v) is 7.57. The van der Waals surface area contributed by atoms with Crippen molar-refractivity contribution in [3.63, 3.8) is 0 Å². The second kappa shape index (κ2) is 6.83. The Morgan fingerprint density at radius 1 is 1.37 bits per heavy atom. The summed E-state index contributed by atoms with van der Waals surface area (Å²) < 4.78 is 24.6. The molecule has 2 fully saturated rings. The Bertz CT molecular complexity index is 980. The van der Waals surface area contributed by atoms with Crippen molar-refractivity contribution >= 4 is 27.1 Å². The summed E-state index contributed by atoms with van der Waals surface area (Å²) in [6, 6.07) is 1.95. The number of carbonyl (C=O) groups excluding carboxylic acids is 1. The number of aryl methyl sites for hydroxylation is 1. The van der Waals surface area contributed by atoms with Crippen molar-refractivity contribution in [3.8, 4) is 0 Å². The Labute approximate surface area is 158 Å². The van der Waals surface area contributed by atoms with Gasteiger partial charge in [0.2, 0.25) is 0 Å². The number of fused-ring (bicyclic) bond motifs is 1. The van der Waals surface area contributed by atoms with Gasteiger partial charge in [-0.2, -0.15) is 4.36 Å². The predicted molar refractivity (Wildman–Crippen MR) is 101 cm³/mol. The lowest BCUT2D eigenvalue weighted by Crippen LogP contribution is -2.55. The first-order chi connectivity index (χ1) is 12.9. The Kier molecular flexibility index (Phi) is 4.63. The van der Waals surface area contributed by atoms with Gasteiger partial charge in [-0.3, -0.25) is 9.20 Å². The molecule has 1 spiro atoms. The lowest BCUT2D eigenvalue weighted by molar-refractivity contribution is -0.115. The minimum atomic E-state index is -2.44. The number of rotatable bonds is 2. The van der Waals surface area contributed by atoms with Crippen LogP contribution >= 0.6 is 0 Å². The third-order valence-electron chi connectivity index (χ3n) is 5.29. The van der Waals surface area contributed by atoms with E-state index in [2.05, 4.69) is 24.4 Å². The van der Waals surface area contributed by atoms with Crippen LogP contribution in [-0.4, -0.2) is 66.5 Å². The first-order valence-corrected chi connectivity index (χ1v) is 11.1. The molecule has 2 aromatic rings. The number of anilines is 1. The van der Waals surface area contributed by atoms with E-state index in [4.69, 9.17) is 4.74 Å². The van der Waals surface area contributed by atoms with Crippen molar-refractivity contribution in [2.45, 2.75) is 38.7 Å². The summed E-state index contributed by atoms with van der Waals surface area (Å²) in [5.41, 5.74) is 0.422. The minimum absolute atomic E-state index is 0.360. The number of aromatic nitrogens is 4. The topological polar surface area (TPSA) is 102 Å². The molecule has 0 aromatic carbocycles. The number of nitrogens with zero attached hydrogens (tertiary/aromatic N) is 6. The number of hydrogen-bond acceptors (Lipinski definition) is 7. The molecule has 0 radical (unpaired) electrons. The van der Waals surface area contributed by atoms with Crippen LogP contribution in [0.1, 0.15) is 32.5 Å². The molecule has 9 nitrogen and oxygen atoms in total. The van der Waals surface area contributed by atoms with Crippen molar-refractivity contribution in [1.82, 2.24) is 19.6 Å². The van der Waals surface area contributed by atoms with Gasteiger partial charge in [-0.1, -0.05) is 6.92 Å². The number of ether oxygens (including phenoxy) is 1. The first kappa shape index (κ1) is 18.3. The Hall–Kier alpha value is -2.07. The van der Waals surface area contributed by atoms with Crippen molar-refractivity contribution in [2.75, 3.05) is 36.1 Å². The predicted octanol–water partition coefficient (Wildman–Crippen LogP) is 1.07. The van der Waals surface area contributed by atoms with Crippen molar-refractivity contribution in [3.05, 3.63) is 18.2 Å². The highest BCUT2D eigenvalue weighted by atomic mass is 32.2. The maximum Gasteiger partial charge on any atom is 0.250 e. The van der Waals surface area contributed by atoms with Crippen LogP contribution in [0.3, 0.4) is 0 Å². The van der Waals surface area contributed by atoms with Crippen LogP contribution in [0.15, 0.2) is 16.8 Å². The highest BCUT2D eigenvalue weighted by molar-refractivity contribution is 7.93. The third kappa shape index (κ3) is 3.55. The summed E-state index contributed by atoms with van der Waals surface area (Å²) in [5.74, 6) is 2.17. The fourth-order valence-electron chi connectivity index (χ4n) is 3.83. The lowest BCUT2D eigenvalue weighted by atomic mass is 9.94. The minimum Gasteiger partial charge on any atom is -0.371 e. The summed E-state index contributed by atoms with van der Waals surface area (Å²) in [6.45, 7) is 5.40. The SMILES string of the molecule is CCc1nnc2cc(N3CCOC4(CCS(=O)(=NC(C)=O)CC4)C3)ncn12. The zero-order valence-electron chi connectivity index (χ0n) is 15.6.